The number of aromatic nitrogens is 2. The summed E-state index contributed by atoms with van der Waals surface area (Å²) in [5, 5.41) is 7.46. The van der Waals surface area contributed by atoms with Gasteiger partial charge in [-0.2, -0.15) is 5.10 Å². The minimum Gasteiger partial charge on any atom is -0.317 e. The number of nitrogens with zero attached hydrogens (tertiary/aromatic N) is 2. The number of hydrogen-bond acceptors (Lipinski definition) is 2. The van der Waals surface area contributed by atoms with Crippen LogP contribution in [0.4, 0.5) is 8.78 Å². The average Bonchev–Trinajstić information content (AvgIpc) is 2.87. The number of halogens is 2. The van der Waals surface area contributed by atoms with E-state index in [0.29, 0.717) is 0 Å². The smallest absolute Gasteiger partial charge is 0.151 e. The molecule has 1 aromatic carbocycles. The Labute approximate surface area is 117 Å². The monoisotopic (exact) mass is 279 g/mol. The topological polar surface area (TPSA) is 29.9 Å². The van der Waals surface area contributed by atoms with E-state index in [0.717, 1.165) is 44.0 Å². The van der Waals surface area contributed by atoms with Gasteiger partial charge >= 0.3 is 0 Å². The normalized spacial score (nSPS) is 10.9. The Morgan fingerprint density at radius 3 is 2.85 bits per heavy atom. The first-order valence-corrected chi connectivity index (χ1v) is 6.90. The molecule has 1 heterocycles. The van der Waals surface area contributed by atoms with Crippen molar-refractivity contribution >= 4 is 0 Å². The highest BCUT2D eigenvalue weighted by Crippen LogP contribution is 2.15. The van der Waals surface area contributed by atoms with E-state index in [1.165, 1.54) is 16.8 Å². The Morgan fingerprint density at radius 2 is 2.10 bits per heavy atom. The molecule has 0 aliphatic rings. The van der Waals surface area contributed by atoms with Crippen molar-refractivity contribution in [1.29, 1.82) is 0 Å². The van der Waals surface area contributed by atoms with Gasteiger partial charge in [0.1, 0.15) is 11.5 Å². The summed E-state index contributed by atoms with van der Waals surface area (Å²) in [4.78, 5) is 0. The summed E-state index contributed by atoms with van der Waals surface area (Å²) in [5.41, 5.74) is 1.31. The van der Waals surface area contributed by atoms with Gasteiger partial charge in [-0.1, -0.05) is 6.92 Å². The summed E-state index contributed by atoms with van der Waals surface area (Å²) in [5.74, 6) is -1.19. The lowest BCUT2D eigenvalue weighted by Gasteiger charge is -2.03. The zero-order valence-electron chi connectivity index (χ0n) is 11.6. The van der Waals surface area contributed by atoms with Gasteiger partial charge in [-0.05, 0) is 50.0 Å². The Hall–Kier alpha value is -1.75. The Bertz CT molecular complexity index is 552. The predicted octanol–water partition coefficient (Wildman–Crippen LogP) is 3.08. The molecule has 0 bridgehead atoms. The lowest BCUT2D eigenvalue weighted by Crippen LogP contribution is -2.16. The second-order valence-corrected chi connectivity index (χ2v) is 4.74. The molecule has 3 nitrogen and oxygen atoms in total. The third-order valence-corrected chi connectivity index (χ3v) is 3.04. The van der Waals surface area contributed by atoms with E-state index < -0.39 is 11.6 Å². The second kappa shape index (κ2) is 7.14. The Kier molecular flexibility index (Phi) is 5.24. The molecule has 0 aliphatic heterocycles. The predicted molar refractivity (Wildman–Crippen MR) is 75.0 cm³/mol. The molecule has 108 valence electrons. The summed E-state index contributed by atoms with van der Waals surface area (Å²) in [6.07, 6.45) is 6.54. The molecule has 20 heavy (non-hydrogen) atoms. The van der Waals surface area contributed by atoms with Crippen LogP contribution in [0.5, 0.6) is 0 Å². The first-order chi connectivity index (χ1) is 9.70. The molecular formula is C15H19F2N3. The van der Waals surface area contributed by atoms with E-state index in [-0.39, 0.29) is 5.69 Å². The van der Waals surface area contributed by atoms with Gasteiger partial charge in [0, 0.05) is 12.3 Å². The molecule has 0 saturated carbocycles. The number of nitrogens with one attached hydrogen (secondary N) is 1. The highest BCUT2D eigenvalue weighted by Gasteiger charge is 2.07. The Morgan fingerprint density at radius 1 is 1.25 bits per heavy atom. The van der Waals surface area contributed by atoms with E-state index in [9.17, 15) is 8.78 Å². The van der Waals surface area contributed by atoms with E-state index in [4.69, 9.17) is 0 Å². The maximum Gasteiger partial charge on any atom is 0.151 e. The van der Waals surface area contributed by atoms with Gasteiger partial charge in [0.15, 0.2) is 5.82 Å². The average molecular weight is 279 g/mol. The van der Waals surface area contributed by atoms with Crippen LogP contribution in [0.3, 0.4) is 0 Å². The highest BCUT2D eigenvalue weighted by molar-refractivity contribution is 5.33. The van der Waals surface area contributed by atoms with Crippen molar-refractivity contribution in [1.82, 2.24) is 15.1 Å². The number of hydrogen-bond donors (Lipinski definition) is 1. The molecule has 0 aliphatic carbocycles. The first kappa shape index (κ1) is 14.7. The van der Waals surface area contributed by atoms with Crippen molar-refractivity contribution in [3.63, 3.8) is 0 Å². The number of rotatable bonds is 7. The third kappa shape index (κ3) is 3.87. The van der Waals surface area contributed by atoms with Gasteiger partial charge in [0.2, 0.25) is 0 Å². The molecule has 0 fully saturated rings. The molecule has 1 aromatic heterocycles. The van der Waals surface area contributed by atoms with Gasteiger partial charge in [-0.3, -0.25) is 0 Å². The van der Waals surface area contributed by atoms with Crippen LogP contribution in [0.25, 0.3) is 5.69 Å². The lowest BCUT2D eigenvalue weighted by molar-refractivity contribution is 0.573. The fourth-order valence-corrected chi connectivity index (χ4v) is 2.01. The maximum atomic E-state index is 13.6. The van der Waals surface area contributed by atoms with Crippen LogP contribution in [0.2, 0.25) is 0 Å². The van der Waals surface area contributed by atoms with Crippen molar-refractivity contribution in [2.24, 2.45) is 0 Å². The summed E-state index contributed by atoms with van der Waals surface area (Å²) < 4.78 is 27.9. The van der Waals surface area contributed by atoms with Crippen LogP contribution < -0.4 is 5.32 Å². The highest BCUT2D eigenvalue weighted by atomic mass is 19.1. The summed E-state index contributed by atoms with van der Waals surface area (Å²) in [7, 11) is 0. The van der Waals surface area contributed by atoms with E-state index in [2.05, 4.69) is 17.3 Å². The molecule has 2 rings (SSSR count). The van der Waals surface area contributed by atoms with Gasteiger partial charge < -0.3 is 5.32 Å². The second-order valence-electron chi connectivity index (χ2n) is 4.74. The molecular weight excluding hydrogens is 260 g/mol. The van der Waals surface area contributed by atoms with Crippen molar-refractivity contribution in [2.75, 3.05) is 13.1 Å². The number of benzene rings is 1. The van der Waals surface area contributed by atoms with Gasteiger partial charge in [-0.25, -0.2) is 13.5 Å². The summed E-state index contributed by atoms with van der Waals surface area (Å²) >= 11 is 0. The molecule has 0 spiro atoms. The molecule has 0 atom stereocenters. The molecule has 0 unspecified atom stereocenters. The van der Waals surface area contributed by atoms with Gasteiger partial charge in [0.25, 0.3) is 0 Å². The lowest BCUT2D eigenvalue weighted by atomic mass is 10.2. The maximum absolute atomic E-state index is 13.6. The molecule has 0 saturated heterocycles. The van der Waals surface area contributed by atoms with E-state index >= 15 is 0 Å². The van der Waals surface area contributed by atoms with Crippen LogP contribution in [0, 0.1) is 11.6 Å². The minimum absolute atomic E-state index is 0.266. The van der Waals surface area contributed by atoms with Crippen LogP contribution in [0.15, 0.2) is 30.6 Å². The first-order valence-electron chi connectivity index (χ1n) is 6.90. The van der Waals surface area contributed by atoms with Crippen LogP contribution in [-0.4, -0.2) is 22.9 Å². The summed E-state index contributed by atoms with van der Waals surface area (Å²) in [6.45, 7) is 4.12. The fourth-order valence-electron chi connectivity index (χ4n) is 2.01. The molecule has 5 heteroatoms. The van der Waals surface area contributed by atoms with Gasteiger partial charge in [-0.15, -0.1) is 0 Å². The van der Waals surface area contributed by atoms with Crippen molar-refractivity contribution in [2.45, 2.75) is 26.2 Å². The fraction of sp³-hybridized carbons (Fsp3) is 0.400. The Balaban J connectivity index is 1.95. The standard InChI is InChI=1S/C15H19F2N3/c1-2-7-18-8-3-4-12-10-19-20(11-12)15-6-5-13(16)9-14(15)17/h5-6,9-11,18H,2-4,7-8H2,1H3. The summed E-state index contributed by atoms with van der Waals surface area (Å²) in [6, 6.07) is 3.49. The van der Waals surface area contributed by atoms with Crippen molar-refractivity contribution < 1.29 is 8.78 Å². The molecule has 1 N–H and O–H groups in total. The minimum atomic E-state index is -0.607. The largest absolute Gasteiger partial charge is 0.317 e. The SMILES string of the molecule is CCCNCCCc1cnn(-c2ccc(F)cc2F)c1. The van der Waals surface area contributed by atoms with Crippen LogP contribution >= 0.6 is 0 Å². The van der Waals surface area contributed by atoms with Crippen molar-refractivity contribution in [3.05, 3.63) is 47.8 Å². The number of aryl methyl sites for hydroxylation is 1. The zero-order valence-corrected chi connectivity index (χ0v) is 11.6. The van der Waals surface area contributed by atoms with Crippen LogP contribution in [-0.2, 0) is 6.42 Å². The zero-order chi connectivity index (χ0) is 14.4. The van der Waals surface area contributed by atoms with E-state index in [1.54, 1.807) is 12.4 Å². The molecule has 2 aromatic rings. The third-order valence-electron chi connectivity index (χ3n) is 3.04. The molecule has 0 amide bonds. The van der Waals surface area contributed by atoms with Crippen molar-refractivity contribution in [3.8, 4) is 5.69 Å². The van der Waals surface area contributed by atoms with Crippen LogP contribution in [0.1, 0.15) is 25.3 Å². The van der Waals surface area contributed by atoms with Gasteiger partial charge in [0.05, 0.1) is 6.20 Å². The quantitative estimate of drug-likeness (QED) is 0.789. The molecule has 0 radical (unpaired) electrons. The van der Waals surface area contributed by atoms with E-state index in [1.807, 2.05) is 0 Å².